The van der Waals surface area contributed by atoms with Crippen molar-refractivity contribution >= 4 is 5.91 Å². The van der Waals surface area contributed by atoms with E-state index in [0.717, 1.165) is 69.0 Å². The first kappa shape index (κ1) is 26.1. The molecule has 0 aromatic rings. The minimum absolute atomic E-state index is 0.124. The van der Waals surface area contributed by atoms with Crippen molar-refractivity contribution in [3.05, 3.63) is 24.3 Å². The lowest BCUT2D eigenvalue weighted by Crippen LogP contribution is -2.50. The molecule has 2 aliphatic heterocycles. The second kappa shape index (κ2) is 9.78. The molecule has 0 spiro atoms. The highest BCUT2D eigenvalue weighted by Crippen LogP contribution is 2.67. The van der Waals surface area contributed by atoms with Gasteiger partial charge in [-0.25, -0.2) is 5.06 Å². The van der Waals surface area contributed by atoms with Crippen molar-refractivity contribution in [3.63, 3.8) is 0 Å². The number of hydroxylamine groups is 2. The Labute approximate surface area is 224 Å². The molecular formula is C32H50N2O3. The molecule has 0 aromatic heterocycles. The summed E-state index contributed by atoms with van der Waals surface area (Å²) in [6.45, 7) is 14.9. The van der Waals surface area contributed by atoms with Crippen molar-refractivity contribution in [2.24, 2.45) is 46.3 Å². The fourth-order valence-corrected chi connectivity index (χ4v) is 10.5. The molecule has 3 saturated carbocycles. The summed E-state index contributed by atoms with van der Waals surface area (Å²) in [5.41, 5.74) is 2.29. The predicted molar refractivity (Wildman–Crippen MR) is 146 cm³/mol. The van der Waals surface area contributed by atoms with Crippen molar-refractivity contribution in [1.82, 2.24) is 9.96 Å². The summed E-state index contributed by atoms with van der Waals surface area (Å²) < 4.78 is 0. The molecule has 0 bridgehead atoms. The van der Waals surface area contributed by atoms with E-state index in [-0.39, 0.29) is 18.1 Å². The van der Waals surface area contributed by atoms with E-state index in [1.54, 1.807) is 10.6 Å². The molecule has 0 aromatic carbocycles. The third-order valence-corrected chi connectivity index (χ3v) is 12.5. The molecule has 4 aliphatic carbocycles. The van der Waals surface area contributed by atoms with Gasteiger partial charge < -0.3 is 5.11 Å². The average Bonchev–Trinajstić information content (AvgIpc) is 3.55. The lowest BCUT2D eigenvalue weighted by atomic mass is 9.47. The number of carbonyl (C=O) groups excluding carboxylic acids is 1. The summed E-state index contributed by atoms with van der Waals surface area (Å²) in [5, 5.41) is 12.0. The van der Waals surface area contributed by atoms with Crippen molar-refractivity contribution in [3.8, 4) is 0 Å². The maximum Gasteiger partial charge on any atom is 0.246 e. The fraction of sp³-hybridized carbons (Fsp3) is 0.844. The van der Waals surface area contributed by atoms with Crippen LogP contribution in [0.15, 0.2) is 24.3 Å². The Balaban J connectivity index is 1.08. The summed E-state index contributed by atoms with van der Waals surface area (Å²) in [4.78, 5) is 21.5. The van der Waals surface area contributed by atoms with Gasteiger partial charge in [0, 0.05) is 32.0 Å². The van der Waals surface area contributed by atoms with Crippen LogP contribution in [0.1, 0.15) is 85.0 Å². The van der Waals surface area contributed by atoms with Crippen LogP contribution in [0, 0.1) is 46.3 Å². The normalized spacial score (nSPS) is 46.0. The van der Waals surface area contributed by atoms with Gasteiger partial charge in [0.25, 0.3) is 0 Å². The molecule has 1 amide bonds. The van der Waals surface area contributed by atoms with Gasteiger partial charge >= 0.3 is 0 Å². The number of allylic oxidation sites excluding steroid dienone is 1. The Morgan fingerprint density at radius 3 is 2.86 bits per heavy atom. The molecule has 6 rings (SSSR count). The summed E-state index contributed by atoms with van der Waals surface area (Å²) in [5.74, 6) is 4.35. The van der Waals surface area contributed by atoms with E-state index in [9.17, 15) is 9.90 Å². The van der Waals surface area contributed by atoms with Crippen LogP contribution < -0.4 is 0 Å². The monoisotopic (exact) mass is 510 g/mol. The van der Waals surface area contributed by atoms with Gasteiger partial charge in [-0.05, 0) is 98.2 Å². The zero-order valence-corrected chi connectivity index (χ0v) is 23.5. The number of aliphatic hydroxyl groups excluding tert-OH is 1. The Morgan fingerprint density at radius 2 is 2.05 bits per heavy atom. The lowest BCUT2D eigenvalue weighted by molar-refractivity contribution is -0.177. The van der Waals surface area contributed by atoms with Gasteiger partial charge in [0.1, 0.15) is 0 Å². The Kier molecular flexibility index (Phi) is 6.89. The topological polar surface area (TPSA) is 53.0 Å². The average molecular weight is 511 g/mol. The molecule has 1 unspecified atom stereocenters. The lowest BCUT2D eigenvalue weighted by Gasteiger charge is -2.58. The van der Waals surface area contributed by atoms with Crippen LogP contribution >= 0.6 is 0 Å². The van der Waals surface area contributed by atoms with Crippen LogP contribution in [-0.2, 0) is 9.63 Å². The largest absolute Gasteiger partial charge is 0.393 e. The molecule has 206 valence electrons. The Bertz CT molecular complexity index is 933. The molecule has 5 heteroatoms. The highest BCUT2D eigenvalue weighted by atomic mass is 16.7. The van der Waals surface area contributed by atoms with Crippen LogP contribution in [-0.4, -0.2) is 59.4 Å². The molecule has 1 N–H and O–H groups in total. The number of aliphatic hydroxyl groups is 1. The van der Waals surface area contributed by atoms with Crippen molar-refractivity contribution in [2.45, 2.75) is 97.1 Å². The van der Waals surface area contributed by atoms with E-state index >= 15 is 0 Å². The number of hydrogen-bond acceptors (Lipinski definition) is 4. The molecule has 5 fully saturated rings. The fourth-order valence-electron chi connectivity index (χ4n) is 10.5. The minimum atomic E-state index is -0.124. The second-order valence-corrected chi connectivity index (χ2v) is 14.3. The van der Waals surface area contributed by atoms with Gasteiger partial charge in [-0.1, -0.05) is 38.5 Å². The van der Waals surface area contributed by atoms with Gasteiger partial charge in [-0.3, -0.25) is 14.5 Å². The van der Waals surface area contributed by atoms with Crippen LogP contribution in [0.3, 0.4) is 0 Å². The van der Waals surface area contributed by atoms with Crippen LogP contribution in [0.5, 0.6) is 0 Å². The maximum atomic E-state index is 13.3. The molecule has 2 heterocycles. The summed E-state index contributed by atoms with van der Waals surface area (Å²) in [7, 11) is 0. The number of likely N-dealkylation sites (tertiary alicyclic amines) is 1. The van der Waals surface area contributed by atoms with E-state index < -0.39 is 0 Å². The molecule has 5 nitrogen and oxygen atoms in total. The Morgan fingerprint density at radius 1 is 1.22 bits per heavy atom. The number of carbonyl (C=O) groups is 1. The second-order valence-electron chi connectivity index (χ2n) is 14.3. The SMILES string of the molecule is C=CCN1C[C@H]2CON(C(=O)CCC(C)[C@H]3CC[C@H]4[C@@H]5CC=C6C[C@@H](O)CC[C@]6(C)[C@H]5CC[C@]34C)[C@H]2C1. The first-order valence-electron chi connectivity index (χ1n) is 15.4. The first-order chi connectivity index (χ1) is 17.7. The smallest absolute Gasteiger partial charge is 0.246 e. The molecule has 2 saturated heterocycles. The molecule has 6 aliphatic rings. The van der Waals surface area contributed by atoms with E-state index in [0.29, 0.717) is 35.7 Å². The van der Waals surface area contributed by atoms with Gasteiger partial charge in [-0.15, -0.1) is 6.58 Å². The zero-order chi connectivity index (χ0) is 25.9. The van der Waals surface area contributed by atoms with Crippen LogP contribution in [0.2, 0.25) is 0 Å². The van der Waals surface area contributed by atoms with Crippen LogP contribution in [0.25, 0.3) is 0 Å². The maximum absolute atomic E-state index is 13.3. The molecule has 10 atom stereocenters. The number of nitrogens with zero attached hydrogens (tertiary/aromatic N) is 2. The van der Waals surface area contributed by atoms with Crippen molar-refractivity contribution in [1.29, 1.82) is 0 Å². The van der Waals surface area contributed by atoms with Gasteiger partial charge in [-0.2, -0.15) is 0 Å². The zero-order valence-electron chi connectivity index (χ0n) is 23.5. The summed E-state index contributed by atoms with van der Waals surface area (Å²) in [6.07, 6.45) is 15.6. The first-order valence-corrected chi connectivity index (χ1v) is 15.4. The predicted octanol–water partition coefficient (Wildman–Crippen LogP) is 5.60. The third-order valence-electron chi connectivity index (χ3n) is 12.5. The van der Waals surface area contributed by atoms with E-state index in [1.807, 2.05) is 6.08 Å². The van der Waals surface area contributed by atoms with Gasteiger partial charge in [0.05, 0.1) is 18.8 Å². The van der Waals surface area contributed by atoms with E-state index in [4.69, 9.17) is 4.84 Å². The van der Waals surface area contributed by atoms with Gasteiger partial charge in [0.2, 0.25) is 5.91 Å². The minimum Gasteiger partial charge on any atom is -0.393 e. The van der Waals surface area contributed by atoms with Crippen molar-refractivity contribution < 1.29 is 14.7 Å². The summed E-state index contributed by atoms with van der Waals surface area (Å²) in [6, 6.07) is 0.220. The van der Waals surface area contributed by atoms with E-state index in [2.05, 4.69) is 38.3 Å². The van der Waals surface area contributed by atoms with Gasteiger partial charge in [0.15, 0.2) is 0 Å². The molecular weight excluding hydrogens is 460 g/mol. The van der Waals surface area contributed by atoms with E-state index in [1.165, 1.54) is 32.1 Å². The summed E-state index contributed by atoms with van der Waals surface area (Å²) >= 11 is 0. The number of fused-ring (bicyclic) bond motifs is 6. The number of rotatable bonds is 6. The highest BCUT2D eigenvalue weighted by Gasteiger charge is 2.59. The van der Waals surface area contributed by atoms with Crippen LogP contribution in [0.4, 0.5) is 0 Å². The quantitative estimate of drug-likeness (QED) is 0.473. The number of hydrogen-bond donors (Lipinski definition) is 1. The number of amides is 1. The Hall–Kier alpha value is -1.17. The standard InChI is InChI=1S/C32H50N2O3/c1-5-16-33-18-22-20-37-34(29(22)19-33)30(36)11-6-21(2)26-9-10-27-25-8-7-23-17-24(35)12-14-31(23,3)28(25)13-15-32(26,27)4/h5,7,21-22,24-29,35H,1,6,8-20H2,2-4H3/t21?,22-,24-,25-,26+,27-,28-,29-,31-,32+/m0/s1. The molecule has 37 heavy (non-hydrogen) atoms. The third kappa shape index (κ3) is 4.26. The highest BCUT2D eigenvalue weighted by molar-refractivity contribution is 5.75. The molecule has 0 radical (unpaired) electrons. The van der Waals surface area contributed by atoms with Crippen molar-refractivity contribution in [2.75, 3.05) is 26.2 Å².